The van der Waals surface area contributed by atoms with Gasteiger partial charge >= 0.3 is 6.18 Å². The molecule has 0 saturated carbocycles. The number of likely N-dealkylation sites (tertiary alicyclic amines) is 1. The molecule has 5 heterocycles. The van der Waals surface area contributed by atoms with Gasteiger partial charge < -0.3 is 10.2 Å². The van der Waals surface area contributed by atoms with E-state index in [4.69, 9.17) is 0 Å². The Kier molecular flexibility index (Phi) is 6.71. The van der Waals surface area contributed by atoms with Gasteiger partial charge in [0.25, 0.3) is 5.91 Å². The lowest BCUT2D eigenvalue weighted by molar-refractivity contribution is -0.188. The Balaban J connectivity index is 1.21. The van der Waals surface area contributed by atoms with E-state index in [0.29, 0.717) is 24.2 Å². The van der Waals surface area contributed by atoms with Gasteiger partial charge in [-0.25, -0.2) is 4.39 Å². The highest BCUT2D eigenvalue weighted by atomic mass is 19.4. The van der Waals surface area contributed by atoms with E-state index in [1.54, 1.807) is 17.9 Å². The van der Waals surface area contributed by atoms with Crippen LogP contribution in [-0.2, 0) is 4.79 Å². The van der Waals surface area contributed by atoms with Crippen LogP contribution in [0.3, 0.4) is 0 Å². The summed E-state index contributed by atoms with van der Waals surface area (Å²) in [4.78, 5) is 33.3. The second kappa shape index (κ2) is 9.70. The summed E-state index contributed by atoms with van der Waals surface area (Å²) < 4.78 is 53.6. The first kappa shape index (κ1) is 25.6. The van der Waals surface area contributed by atoms with Crippen LogP contribution in [0.2, 0.25) is 0 Å². The van der Waals surface area contributed by atoms with Crippen molar-refractivity contribution < 1.29 is 27.2 Å². The van der Waals surface area contributed by atoms with Crippen molar-refractivity contribution in [3.8, 4) is 11.3 Å². The van der Waals surface area contributed by atoms with Gasteiger partial charge in [-0.05, 0) is 64.6 Å². The van der Waals surface area contributed by atoms with Crippen molar-refractivity contribution in [3.63, 3.8) is 0 Å². The lowest BCUT2D eigenvalue weighted by Crippen LogP contribution is -2.56. The van der Waals surface area contributed by atoms with E-state index in [9.17, 15) is 27.2 Å². The number of halogens is 4. The molecule has 3 saturated heterocycles. The lowest BCUT2D eigenvalue weighted by atomic mass is 9.89. The Morgan fingerprint density at radius 3 is 2.46 bits per heavy atom. The highest BCUT2D eigenvalue weighted by Gasteiger charge is 2.47. The summed E-state index contributed by atoms with van der Waals surface area (Å²) in [6.07, 6.45) is -0.369. The van der Waals surface area contributed by atoms with Gasteiger partial charge in [0.2, 0.25) is 5.91 Å². The summed E-state index contributed by atoms with van der Waals surface area (Å²) in [6.45, 7) is 1.90. The SMILES string of the molecule is Cc1cc(-c2cc(C(=O)N3[C@@H]4CC[C@H]3C[C@H](C(=O)N[C@@H]3CC[C@@H](C(F)(F)F)N(C)C3)C4)n[nH]2)c(F)cn1. The van der Waals surface area contributed by atoms with Gasteiger partial charge in [0, 0.05) is 41.8 Å². The molecular formula is C25H30F4N6O2. The third-order valence-corrected chi connectivity index (χ3v) is 7.97. The molecule has 3 aliphatic heterocycles. The molecule has 3 fully saturated rings. The summed E-state index contributed by atoms with van der Waals surface area (Å²) >= 11 is 0. The Morgan fingerprint density at radius 2 is 1.81 bits per heavy atom. The number of pyridine rings is 1. The average Bonchev–Trinajstić information content (AvgIpc) is 3.42. The van der Waals surface area contributed by atoms with Crippen LogP contribution < -0.4 is 5.32 Å². The van der Waals surface area contributed by atoms with Crippen LogP contribution in [0.4, 0.5) is 17.6 Å². The highest BCUT2D eigenvalue weighted by Crippen LogP contribution is 2.40. The van der Waals surface area contributed by atoms with E-state index in [2.05, 4.69) is 20.5 Å². The zero-order valence-electron chi connectivity index (χ0n) is 20.7. The predicted molar refractivity (Wildman–Crippen MR) is 126 cm³/mol. The van der Waals surface area contributed by atoms with Crippen LogP contribution in [0.5, 0.6) is 0 Å². The molecule has 37 heavy (non-hydrogen) atoms. The topological polar surface area (TPSA) is 94.2 Å². The van der Waals surface area contributed by atoms with Crippen molar-refractivity contribution in [2.45, 2.75) is 75.8 Å². The highest BCUT2D eigenvalue weighted by molar-refractivity contribution is 5.94. The number of carbonyl (C=O) groups excluding carboxylic acids is 2. The largest absolute Gasteiger partial charge is 0.404 e. The average molecular weight is 523 g/mol. The van der Waals surface area contributed by atoms with Gasteiger partial charge in [-0.15, -0.1) is 0 Å². The van der Waals surface area contributed by atoms with Crippen molar-refractivity contribution in [1.29, 1.82) is 0 Å². The summed E-state index contributed by atoms with van der Waals surface area (Å²) in [5.41, 5.74) is 1.50. The summed E-state index contributed by atoms with van der Waals surface area (Å²) in [5, 5.41) is 9.83. The van der Waals surface area contributed by atoms with Gasteiger partial charge in [-0.3, -0.25) is 24.6 Å². The van der Waals surface area contributed by atoms with Crippen LogP contribution in [0.15, 0.2) is 18.3 Å². The standard InChI is InChI=1S/C25H30F4N6O2/c1-13-7-18(19(26)11-30-13)20-10-21(33-32-20)24(37)35-16-4-5-17(35)9-14(8-16)23(36)31-15-3-6-22(25(27,28)29)34(2)12-15/h7,10-11,14-17,22H,3-6,8-9,12H2,1-2H3,(H,31,36)(H,32,33)/t14-,15-,16-,17+,22+/m1/s1. The lowest BCUT2D eigenvalue weighted by Gasteiger charge is -2.40. The Morgan fingerprint density at radius 1 is 1.11 bits per heavy atom. The summed E-state index contributed by atoms with van der Waals surface area (Å²) in [5.74, 6) is -1.22. The third-order valence-electron chi connectivity index (χ3n) is 7.97. The monoisotopic (exact) mass is 522 g/mol. The molecule has 5 rings (SSSR count). The molecule has 0 radical (unpaired) electrons. The predicted octanol–water partition coefficient (Wildman–Crippen LogP) is 3.44. The maximum atomic E-state index is 14.2. The molecule has 2 aromatic heterocycles. The number of alkyl halides is 3. The molecule has 3 aliphatic rings. The summed E-state index contributed by atoms with van der Waals surface area (Å²) in [7, 11) is 1.44. The normalized spacial score (nSPS) is 28.4. The number of likely N-dealkylation sites (N-methyl/N-ethyl adjacent to an activating group) is 1. The number of aromatic nitrogens is 3. The van der Waals surface area contributed by atoms with Crippen LogP contribution in [0.1, 0.15) is 54.7 Å². The Labute approximate surface area is 211 Å². The summed E-state index contributed by atoms with van der Waals surface area (Å²) in [6, 6.07) is 1.07. The second-order valence-electron chi connectivity index (χ2n) is 10.5. The van der Waals surface area contributed by atoms with Crippen LogP contribution in [0, 0.1) is 18.7 Å². The van der Waals surface area contributed by atoms with E-state index in [1.165, 1.54) is 18.0 Å². The molecule has 2 bridgehead atoms. The number of hydrogen-bond donors (Lipinski definition) is 2. The first-order valence-corrected chi connectivity index (χ1v) is 12.6. The maximum absolute atomic E-state index is 14.2. The van der Waals surface area contributed by atoms with Crippen molar-refractivity contribution in [2.24, 2.45) is 5.92 Å². The zero-order chi connectivity index (χ0) is 26.5. The van der Waals surface area contributed by atoms with E-state index in [0.717, 1.165) is 19.0 Å². The minimum absolute atomic E-state index is 0.0439. The fourth-order valence-electron chi connectivity index (χ4n) is 6.17. The number of carbonyl (C=O) groups is 2. The number of rotatable bonds is 4. The minimum Gasteiger partial charge on any atom is -0.352 e. The van der Waals surface area contributed by atoms with E-state index in [1.807, 2.05) is 0 Å². The fraction of sp³-hybridized carbons (Fsp3) is 0.600. The van der Waals surface area contributed by atoms with Crippen molar-refractivity contribution in [2.75, 3.05) is 13.6 Å². The molecule has 0 aliphatic carbocycles. The quantitative estimate of drug-likeness (QED) is 0.600. The number of hydrogen-bond acceptors (Lipinski definition) is 5. The number of fused-ring (bicyclic) bond motifs is 2. The van der Waals surface area contributed by atoms with Gasteiger partial charge in [-0.2, -0.15) is 18.3 Å². The Hall–Kier alpha value is -3.02. The smallest absolute Gasteiger partial charge is 0.352 e. The zero-order valence-corrected chi connectivity index (χ0v) is 20.7. The maximum Gasteiger partial charge on any atom is 0.404 e. The molecule has 0 spiro atoms. The molecule has 12 heteroatoms. The number of nitrogens with one attached hydrogen (secondary N) is 2. The van der Waals surface area contributed by atoms with E-state index < -0.39 is 18.0 Å². The van der Waals surface area contributed by atoms with Gasteiger partial charge in [0.05, 0.1) is 11.9 Å². The van der Waals surface area contributed by atoms with Crippen LogP contribution in [0.25, 0.3) is 11.3 Å². The van der Waals surface area contributed by atoms with Crippen molar-refractivity contribution >= 4 is 11.8 Å². The molecule has 8 nitrogen and oxygen atoms in total. The van der Waals surface area contributed by atoms with Crippen molar-refractivity contribution in [1.82, 2.24) is 30.3 Å². The van der Waals surface area contributed by atoms with E-state index in [-0.39, 0.29) is 66.5 Å². The first-order valence-electron chi connectivity index (χ1n) is 12.6. The third kappa shape index (κ3) is 5.07. The molecule has 0 unspecified atom stereocenters. The van der Waals surface area contributed by atoms with Gasteiger partial charge in [-0.1, -0.05) is 0 Å². The number of amides is 2. The first-order chi connectivity index (χ1) is 17.5. The number of piperidine rings is 2. The van der Waals surface area contributed by atoms with Gasteiger partial charge in [0.15, 0.2) is 11.5 Å². The van der Waals surface area contributed by atoms with Crippen LogP contribution >= 0.6 is 0 Å². The molecule has 0 aromatic carbocycles. The van der Waals surface area contributed by atoms with Gasteiger partial charge in [0.1, 0.15) is 6.04 Å². The number of aromatic amines is 1. The second-order valence-corrected chi connectivity index (χ2v) is 10.5. The molecule has 200 valence electrons. The van der Waals surface area contributed by atoms with Crippen molar-refractivity contribution in [3.05, 3.63) is 35.5 Å². The molecule has 5 atom stereocenters. The molecule has 2 amide bonds. The van der Waals surface area contributed by atoms with E-state index >= 15 is 0 Å². The molecule has 2 N–H and O–H groups in total. The molecule has 2 aromatic rings. The minimum atomic E-state index is -4.28. The number of nitrogens with zero attached hydrogens (tertiary/aromatic N) is 4. The Bertz CT molecular complexity index is 1170. The van der Waals surface area contributed by atoms with Crippen LogP contribution in [-0.4, -0.2) is 80.7 Å². The number of H-pyrrole nitrogens is 1. The molecular weight excluding hydrogens is 492 g/mol. The number of aryl methyl sites for hydroxylation is 1. The fourth-order valence-corrected chi connectivity index (χ4v) is 6.17.